The molecule has 0 bridgehead atoms. The van der Waals surface area contributed by atoms with E-state index in [2.05, 4.69) is 4.58 Å². The van der Waals surface area contributed by atoms with Crippen molar-refractivity contribution in [3.63, 3.8) is 0 Å². The Morgan fingerprint density at radius 1 is 0.731 bits per heavy atom. The van der Waals surface area contributed by atoms with E-state index in [1.165, 1.54) is 26.4 Å². The zero-order valence-corrected chi connectivity index (χ0v) is 40.9. The molecule has 0 saturated carbocycles. The predicted octanol–water partition coefficient (Wildman–Crippen LogP) is 6.48. The summed E-state index contributed by atoms with van der Waals surface area (Å²) in [5, 5.41) is 10.1. The van der Waals surface area contributed by atoms with Gasteiger partial charge < -0.3 is 19.5 Å². The van der Waals surface area contributed by atoms with Gasteiger partial charge in [-0.2, -0.15) is 38.2 Å². The van der Waals surface area contributed by atoms with Crippen molar-refractivity contribution < 1.29 is 75.8 Å². The summed E-state index contributed by atoms with van der Waals surface area (Å²) >= 11 is 0. The molecule has 0 aliphatic carbocycles. The molecule has 0 saturated heterocycles. The molecule has 4 aromatic carbocycles. The van der Waals surface area contributed by atoms with Crippen LogP contribution in [-0.2, 0) is 72.0 Å². The lowest BCUT2D eigenvalue weighted by Gasteiger charge is -2.31. The van der Waals surface area contributed by atoms with Crippen LogP contribution in [-0.4, -0.2) is 120 Å². The highest BCUT2D eigenvalue weighted by Gasteiger charge is 2.47. The fourth-order valence-corrected chi connectivity index (χ4v) is 12.2. The fraction of sp³-hybridized carbons (Fsp3) is 0.422. The molecule has 0 spiro atoms. The van der Waals surface area contributed by atoms with E-state index < -0.39 is 72.8 Å². The Bertz CT molecular complexity index is 3200. The van der Waals surface area contributed by atoms with Gasteiger partial charge in [0.25, 0.3) is 40.5 Å². The zero-order chi connectivity index (χ0) is 49.5. The van der Waals surface area contributed by atoms with E-state index in [1.807, 2.05) is 30.9 Å². The van der Waals surface area contributed by atoms with Gasteiger partial charge in [-0.25, -0.2) is 0 Å². The van der Waals surface area contributed by atoms with Crippen LogP contribution in [0, 0.1) is 0 Å². The maximum atomic E-state index is 12.8. The lowest BCUT2D eigenvalue weighted by atomic mass is 9.75. The molecule has 0 amide bonds. The van der Waals surface area contributed by atoms with Crippen molar-refractivity contribution >= 4 is 85.1 Å². The Hall–Kier alpha value is -4.62. The van der Waals surface area contributed by atoms with Gasteiger partial charge in [-0.15, -0.1) is 0 Å². The van der Waals surface area contributed by atoms with Gasteiger partial charge in [0.15, 0.2) is 5.71 Å². The molecule has 22 heteroatoms. The van der Waals surface area contributed by atoms with Gasteiger partial charge in [0.1, 0.15) is 16.3 Å². The number of hydrogen-bond donors (Lipinski definition) is 5. The zero-order valence-electron chi connectivity index (χ0n) is 37.6. The second kappa shape index (κ2) is 19.4. The summed E-state index contributed by atoms with van der Waals surface area (Å²) in [7, 11) is -16.3. The molecule has 0 fully saturated rings. The van der Waals surface area contributed by atoms with Crippen molar-refractivity contribution in [2.45, 2.75) is 91.2 Å². The number of allylic oxidation sites excluding steroid dienone is 4. The van der Waals surface area contributed by atoms with Crippen molar-refractivity contribution in [1.29, 1.82) is 0 Å². The van der Waals surface area contributed by atoms with Crippen LogP contribution < -0.4 is 4.90 Å². The number of aliphatic carboxylic acids is 1. The highest BCUT2D eigenvalue weighted by atomic mass is 32.2. The minimum absolute atomic E-state index is 0.00281. The van der Waals surface area contributed by atoms with Crippen molar-refractivity contribution in [2.75, 3.05) is 51.2 Å². The molecule has 2 aliphatic rings. The SMILES string of the molecule is COCCc1cc(S(=O)(=O)O)c2ccc3c(c2c1)C(C)(C)C(C=CC=C1N(CCOC)c2ccc4c(S(=O)(=O)O)cc(S(=O)(=O)O)cc4c2C1(C)CCCS(=O)(=O)O)=[N+]3CCCCCC(=O)O. The number of fused-ring (bicyclic) bond motifs is 6. The van der Waals surface area contributed by atoms with E-state index in [9.17, 15) is 61.8 Å². The van der Waals surface area contributed by atoms with Crippen LogP contribution in [0.4, 0.5) is 11.4 Å². The normalized spacial score (nSPS) is 18.2. The number of carboxylic acid groups (broad SMARTS) is 1. The van der Waals surface area contributed by atoms with Crippen molar-refractivity contribution in [3.8, 4) is 0 Å². The van der Waals surface area contributed by atoms with Crippen LogP contribution in [0.2, 0.25) is 0 Å². The van der Waals surface area contributed by atoms with Crippen LogP contribution in [0.5, 0.6) is 0 Å². The maximum absolute atomic E-state index is 12.8. The smallest absolute Gasteiger partial charge is 0.303 e. The third kappa shape index (κ3) is 10.8. The summed E-state index contributed by atoms with van der Waals surface area (Å²) in [5.41, 5.74) is 2.13. The Labute approximate surface area is 390 Å². The van der Waals surface area contributed by atoms with Gasteiger partial charge in [-0.05, 0) is 111 Å². The number of hydrogen-bond acceptors (Lipinski definition) is 12. The maximum Gasteiger partial charge on any atom is 0.303 e. The first kappa shape index (κ1) is 51.8. The molecule has 5 N–H and O–H groups in total. The fourth-order valence-electron chi connectivity index (χ4n) is 9.64. The van der Waals surface area contributed by atoms with Crippen LogP contribution >= 0.6 is 0 Å². The van der Waals surface area contributed by atoms with Crippen molar-refractivity contribution in [1.82, 2.24) is 0 Å². The highest BCUT2D eigenvalue weighted by molar-refractivity contribution is 7.87. The van der Waals surface area contributed by atoms with E-state index in [0.29, 0.717) is 71.6 Å². The van der Waals surface area contributed by atoms with Crippen LogP contribution in [0.1, 0.15) is 76.0 Å². The first-order valence-electron chi connectivity index (χ1n) is 21.2. The largest absolute Gasteiger partial charge is 0.481 e. The average molecular weight is 1010 g/mol. The summed E-state index contributed by atoms with van der Waals surface area (Å²) in [4.78, 5) is 11.3. The quantitative estimate of drug-likeness (QED) is 0.0339. The molecule has 0 radical (unpaired) electrons. The van der Waals surface area contributed by atoms with Crippen LogP contribution in [0.15, 0.2) is 87.1 Å². The summed E-state index contributed by atoms with van der Waals surface area (Å²) in [6, 6.07) is 11.5. The Morgan fingerprint density at radius 3 is 1.96 bits per heavy atom. The summed E-state index contributed by atoms with van der Waals surface area (Å²) in [6.07, 6.45) is 7.26. The third-order valence-corrected chi connectivity index (χ3v) is 16.0. The average Bonchev–Trinajstić information content (AvgIpc) is 3.58. The van der Waals surface area contributed by atoms with E-state index in [-0.39, 0.29) is 54.7 Å². The number of ether oxygens (including phenoxy) is 2. The molecular weight excluding hydrogens is 953 g/mol. The molecule has 0 aromatic heterocycles. The van der Waals surface area contributed by atoms with Gasteiger partial charge in [0.05, 0.1) is 29.3 Å². The molecule has 364 valence electrons. The number of unbranched alkanes of at least 4 members (excludes halogenated alkanes) is 2. The van der Waals surface area contributed by atoms with Crippen LogP contribution in [0.25, 0.3) is 21.5 Å². The lowest BCUT2D eigenvalue weighted by Crippen LogP contribution is -2.31. The van der Waals surface area contributed by atoms with E-state index in [0.717, 1.165) is 23.0 Å². The monoisotopic (exact) mass is 1010 g/mol. The van der Waals surface area contributed by atoms with Crippen LogP contribution in [0.3, 0.4) is 0 Å². The minimum atomic E-state index is -5.08. The highest BCUT2D eigenvalue weighted by Crippen LogP contribution is 2.54. The number of carboxylic acids is 1. The molecule has 1 atom stereocenters. The number of nitrogens with zero attached hydrogens (tertiary/aromatic N) is 2. The lowest BCUT2D eigenvalue weighted by molar-refractivity contribution is -0.438. The van der Waals surface area contributed by atoms with Gasteiger partial charge in [0.2, 0.25) is 5.69 Å². The number of carbonyl (C=O) groups is 1. The second-order valence-corrected chi connectivity index (χ2v) is 23.2. The first-order chi connectivity index (χ1) is 31.1. The van der Waals surface area contributed by atoms with E-state index >= 15 is 0 Å². The van der Waals surface area contributed by atoms with Gasteiger partial charge in [-0.1, -0.05) is 18.2 Å². The number of benzene rings is 4. The summed E-state index contributed by atoms with van der Waals surface area (Å²) < 4.78 is 154. The molecular formula is C45H55N2O16S4+. The number of rotatable bonds is 21. The summed E-state index contributed by atoms with van der Waals surface area (Å²) in [5.74, 6) is -1.56. The van der Waals surface area contributed by atoms with E-state index in [4.69, 9.17) is 9.47 Å². The molecule has 1 unspecified atom stereocenters. The minimum Gasteiger partial charge on any atom is -0.481 e. The molecule has 67 heavy (non-hydrogen) atoms. The molecule has 18 nitrogen and oxygen atoms in total. The molecule has 4 aromatic rings. The second-order valence-electron chi connectivity index (χ2n) is 17.4. The van der Waals surface area contributed by atoms with Crippen molar-refractivity contribution in [3.05, 3.63) is 89.1 Å². The Balaban J connectivity index is 1.60. The topological polar surface area (TPSA) is 279 Å². The van der Waals surface area contributed by atoms with Gasteiger partial charge in [0, 0.05) is 78.9 Å². The standard InChI is InChI=1S/C45H54N2O16S4/c1-44(2)39(46(20-8-6-7-13-41(48)49)35-16-14-31-33(42(35)44)25-29(18-22-62-4)26-37(31)66(56,57)58)11-9-12-40-45(3,19-10-24-64(50,51)52)43-34-27-30(65(53,54)55)28-38(67(59,60)61)32(34)15-17-36(43)47(40)21-23-63-5/h9,11-12,14-17,25-28H,6-8,10,13,18-24H2,1-5H3,(H4-,48,49,50,51,52,53,54,55,56,57,58,59,60,61)/p+1. The Kier molecular flexibility index (Phi) is 15.0. The van der Waals surface area contributed by atoms with Crippen molar-refractivity contribution in [2.24, 2.45) is 0 Å². The number of methoxy groups -OCH3 is 2. The molecule has 2 heterocycles. The number of anilines is 1. The van der Waals surface area contributed by atoms with Gasteiger partial charge >= 0.3 is 5.97 Å². The predicted molar refractivity (Wildman–Crippen MR) is 251 cm³/mol. The Morgan fingerprint density at radius 2 is 1.36 bits per heavy atom. The first-order valence-corrected chi connectivity index (χ1v) is 27.2. The summed E-state index contributed by atoms with van der Waals surface area (Å²) in [6.45, 7) is 6.75. The third-order valence-electron chi connectivity index (χ3n) is 12.6. The van der Waals surface area contributed by atoms with E-state index in [1.54, 1.807) is 37.3 Å². The molecule has 6 rings (SSSR count). The molecule has 2 aliphatic heterocycles. The van der Waals surface area contributed by atoms with Gasteiger partial charge in [-0.3, -0.25) is 23.0 Å².